The van der Waals surface area contributed by atoms with Gasteiger partial charge in [0.25, 0.3) is 0 Å². The maximum Gasteiger partial charge on any atom is 0.0992 e. The van der Waals surface area contributed by atoms with Crippen LogP contribution in [0.3, 0.4) is 0 Å². The maximum atomic E-state index is 8.73. The minimum absolute atomic E-state index is 0.583. The van der Waals surface area contributed by atoms with Crippen molar-refractivity contribution in [1.29, 1.82) is 5.26 Å². The fourth-order valence-electron chi connectivity index (χ4n) is 1.44. The van der Waals surface area contributed by atoms with Gasteiger partial charge in [0.1, 0.15) is 0 Å². The van der Waals surface area contributed by atoms with Crippen molar-refractivity contribution in [2.24, 2.45) is 0 Å². The largest absolute Gasteiger partial charge is 0.397 e. The van der Waals surface area contributed by atoms with E-state index in [0.717, 1.165) is 18.8 Å². The molecule has 1 aromatic rings. The van der Waals surface area contributed by atoms with E-state index in [1.54, 1.807) is 12.1 Å². The van der Waals surface area contributed by atoms with Crippen molar-refractivity contribution in [2.45, 2.75) is 6.92 Å². The summed E-state index contributed by atoms with van der Waals surface area (Å²) in [4.78, 5) is 2.02. The van der Waals surface area contributed by atoms with Crippen LogP contribution < -0.4 is 10.6 Å². The third kappa shape index (κ3) is 3.14. The van der Waals surface area contributed by atoms with Gasteiger partial charge in [0.05, 0.1) is 29.6 Å². The number of ether oxygens (including phenoxy) is 1. The molecule has 0 atom stereocenters. The zero-order valence-corrected chi connectivity index (χ0v) is 9.73. The van der Waals surface area contributed by atoms with Crippen LogP contribution in [0, 0.1) is 11.3 Å². The molecule has 0 heterocycles. The molecule has 0 saturated heterocycles. The summed E-state index contributed by atoms with van der Waals surface area (Å²) in [6, 6.07) is 7.38. The number of hydrogen-bond acceptors (Lipinski definition) is 4. The van der Waals surface area contributed by atoms with Crippen LogP contribution in [0.25, 0.3) is 0 Å². The van der Waals surface area contributed by atoms with E-state index in [4.69, 9.17) is 15.7 Å². The molecule has 4 heteroatoms. The van der Waals surface area contributed by atoms with E-state index in [1.807, 2.05) is 24.9 Å². The minimum atomic E-state index is 0.583. The second-order valence-corrected chi connectivity index (χ2v) is 3.50. The smallest absolute Gasteiger partial charge is 0.0992 e. The molecule has 0 radical (unpaired) electrons. The summed E-state index contributed by atoms with van der Waals surface area (Å²) in [6.07, 6.45) is 0. The van der Waals surface area contributed by atoms with Gasteiger partial charge in [-0.15, -0.1) is 0 Å². The van der Waals surface area contributed by atoms with Crippen LogP contribution in [0.5, 0.6) is 0 Å². The van der Waals surface area contributed by atoms with Gasteiger partial charge < -0.3 is 15.4 Å². The SMILES string of the molecule is CCOCCN(C)c1ccc(C#N)cc1N. The van der Waals surface area contributed by atoms with Crippen molar-refractivity contribution in [3.63, 3.8) is 0 Å². The highest BCUT2D eigenvalue weighted by molar-refractivity contribution is 5.69. The predicted molar refractivity (Wildman–Crippen MR) is 65.3 cm³/mol. The van der Waals surface area contributed by atoms with Gasteiger partial charge in [0.2, 0.25) is 0 Å². The highest BCUT2D eigenvalue weighted by atomic mass is 16.5. The van der Waals surface area contributed by atoms with Crippen LogP contribution in [0.15, 0.2) is 18.2 Å². The summed E-state index contributed by atoms with van der Waals surface area (Å²) in [7, 11) is 1.96. The summed E-state index contributed by atoms with van der Waals surface area (Å²) in [5.74, 6) is 0. The first-order chi connectivity index (χ1) is 7.69. The standard InChI is InChI=1S/C12H17N3O/c1-3-16-7-6-15(2)12-5-4-10(9-13)8-11(12)14/h4-5,8H,3,6-7,14H2,1-2H3. The Bertz CT molecular complexity index is 384. The number of rotatable bonds is 5. The molecule has 0 unspecified atom stereocenters. The molecule has 0 saturated carbocycles. The van der Waals surface area contributed by atoms with E-state index in [2.05, 4.69) is 6.07 Å². The average molecular weight is 219 g/mol. The Morgan fingerprint density at radius 1 is 1.50 bits per heavy atom. The Labute approximate surface area is 96.2 Å². The molecule has 86 valence electrons. The van der Waals surface area contributed by atoms with Crippen LogP contribution in [0.4, 0.5) is 11.4 Å². The molecule has 0 aromatic heterocycles. The molecular weight excluding hydrogens is 202 g/mol. The lowest BCUT2D eigenvalue weighted by Gasteiger charge is -2.20. The normalized spacial score (nSPS) is 9.81. The first kappa shape index (κ1) is 12.3. The van der Waals surface area contributed by atoms with E-state index in [9.17, 15) is 0 Å². The number of hydrogen-bond donors (Lipinski definition) is 1. The number of nitrogens with zero attached hydrogens (tertiary/aromatic N) is 2. The first-order valence-corrected chi connectivity index (χ1v) is 5.27. The molecule has 1 rings (SSSR count). The second kappa shape index (κ2) is 5.99. The van der Waals surface area contributed by atoms with Crippen molar-refractivity contribution in [3.05, 3.63) is 23.8 Å². The zero-order chi connectivity index (χ0) is 12.0. The van der Waals surface area contributed by atoms with Gasteiger partial charge in [-0.2, -0.15) is 5.26 Å². The topological polar surface area (TPSA) is 62.3 Å². The molecule has 0 aliphatic carbocycles. The van der Waals surface area contributed by atoms with Crippen molar-refractivity contribution in [2.75, 3.05) is 37.4 Å². The number of likely N-dealkylation sites (N-methyl/N-ethyl adjacent to an activating group) is 1. The van der Waals surface area contributed by atoms with Gasteiger partial charge in [-0.25, -0.2) is 0 Å². The fourth-order valence-corrected chi connectivity index (χ4v) is 1.44. The summed E-state index contributed by atoms with van der Waals surface area (Å²) < 4.78 is 5.28. The van der Waals surface area contributed by atoms with Gasteiger partial charge in [-0.3, -0.25) is 0 Å². The molecule has 0 spiro atoms. The predicted octanol–water partition coefficient (Wildman–Crippen LogP) is 1.61. The van der Waals surface area contributed by atoms with Crippen molar-refractivity contribution in [1.82, 2.24) is 0 Å². The molecule has 4 nitrogen and oxygen atoms in total. The van der Waals surface area contributed by atoms with Gasteiger partial charge >= 0.3 is 0 Å². The minimum Gasteiger partial charge on any atom is -0.397 e. The van der Waals surface area contributed by atoms with Crippen molar-refractivity contribution < 1.29 is 4.74 Å². The van der Waals surface area contributed by atoms with Crippen LogP contribution in [-0.2, 0) is 4.74 Å². The maximum absolute atomic E-state index is 8.73. The van der Waals surface area contributed by atoms with Crippen LogP contribution in [0.2, 0.25) is 0 Å². The van der Waals surface area contributed by atoms with E-state index < -0.39 is 0 Å². The Kier molecular flexibility index (Phi) is 4.62. The third-order valence-electron chi connectivity index (χ3n) is 2.34. The summed E-state index contributed by atoms with van der Waals surface area (Å²) in [5.41, 5.74) is 8.00. The third-order valence-corrected chi connectivity index (χ3v) is 2.34. The van der Waals surface area contributed by atoms with Gasteiger partial charge in [-0.1, -0.05) is 0 Å². The summed E-state index contributed by atoms with van der Waals surface area (Å²) in [6.45, 7) is 4.14. The van der Waals surface area contributed by atoms with Crippen LogP contribution >= 0.6 is 0 Å². The number of benzene rings is 1. The lowest BCUT2D eigenvalue weighted by Crippen LogP contribution is -2.23. The van der Waals surface area contributed by atoms with Crippen LogP contribution in [-0.4, -0.2) is 26.8 Å². The van der Waals surface area contributed by atoms with Crippen molar-refractivity contribution >= 4 is 11.4 Å². The molecular formula is C12H17N3O. The highest BCUT2D eigenvalue weighted by Gasteiger charge is 2.05. The first-order valence-electron chi connectivity index (χ1n) is 5.27. The lowest BCUT2D eigenvalue weighted by atomic mass is 10.2. The number of anilines is 2. The molecule has 0 amide bonds. The number of nitrogens with two attached hydrogens (primary N) is 1. The summed E-state index contributed by atoms with van der Waals surface area (Å²) >= 11 is 0. The van der Waals surface area contributed by atoms with E-state index in [1.165, 1.54) is 0 Å². The Morgan fingerprint density at radius 3 is 2.81 bits per heavy atom. The van der Waals surface area contributed by atoms with E-state index in [0.29, 0.717) is 17.9 Å². The van der Waals surface area contributed by atoms with Gasteiger partial charge in [0.15, 0.2) is 0 Å². The monoisotopic (exact) mass is 219 g/mol. The van der Waals surface area contributed by atoms with Gasteiger partial charge in [-0.05, 0) is 25.1 Å². The average Bonchev–Trinajstić information content (AvgIpc) is 2.29. The fraction of sp³-hybridized carbons (Fsp3) is 0.417. The Hall–Kier alpha value is -1.73. The Balaban J connectivity index is 2.69. The van der Waals surface area contributed by atoms with E-state index in [-0.39, 0.29) is 0 Å². The zero-order valence-electron chi connectivity index (χ0n) is 9.73. The quantitative estimate of drug-likeness (QED) is 0.603. The second-order valence-electron chi connectivity index (χ2n) is 3.50. The molecule has 0 fully saturated rings. The summed E-state index contributed by atoms with van der Waals surface area (Å²) in [5, 5.41) is 8.73. The molecule has 0 aliphatic heterocycles. The molecule has 0 aliphatic rings. The molecule has 0 bridgehead atoms. The van der Waals surface area contributed by atoms with E-state index >= 15 is 0 Å². The number of nitrogen functional groups attached to an aromatic ring is 1. The van der Waals surface area contributed by atoms with Crippen molar-refractivity contribution in [3.8, 4) is 6.07 Å². The molecule has 16 heavy (non-hydrogen) atoms. The molecule has 1 aromatic carbocycles. The lowest BCUT2D eigenvalue weighted by molar-refractivity contribution is 0.154. The Morgan fingerprint density at radius 2 is 2.25 bits per heavy atom. The molecule has 2 N–H and O–H groups in total. The highest BCUT2D eigenvalue weighted by Crippen LogP contribution is 2.22. The number of nitriles is 1. The van der Waals surface area contributed by atoms with Crippen LogP contribution in [0.1, 0.15) is 12.5 Å². The van der Waals surface area contributed by atoms with Gasteiger partial charge in [0, 0.05) is 20.2 Å².